The molecule has 4 aliphatic carbocycles. The van der Waals surface area contributed by atoms with Crippen molar-refractivity contribution in [3.05, 3.63) is 22.8 Å². The van der Waals surface area contributed by atoms with Crippen LogP contribution in [0.2, 0.25) is 0 Å². The second-order valence-electron chi connectivity index (χ2n) is 15.3. The molecule has 5 nitrogen and oxygen atoms in total. The van der Waals surface area contributed by atoms with Gasteiger partial charge in [-0.3, -0.25) is 9.59 Å². The summed E-state index contributed by atoms with van der Waals surface area (Å²) in [6, 6.07) is 0. The Bertz CT molecular complexity index is 1080. The fourth-order valence-electron chi connectivity index (χ4n) is 10.5. The van der Waals surface area contributed by atoms with E-state index in [0.29, 0.717) is 24.7 Å². The van der Waals surface area contributed by atoms with Crippen molar-refractivity contribution in [3.63, 3.8) is 0 Å². The Hall–Kier alpha value is -1.62. The van der Waals surface area contributed by atoms with Crippen molar-refractivity contribution in [1.82, 2.24) is 0 Å². The smallest absolute Gasteiger partial charge is 0.309 e. The number of rotatable bonds is 4. The van der Waals surface area contributed by atoms with Crippen LogP contribution in [0.3, 0.4) is 0 Å². The average molecular weight is 541 g/mol. The molecule has 1 N–H and O–H groups in total. The number of carbonyl (C=O) groups excluding carboxylic acids is 2. The minimum Gasteiger partial charge on any atom is -0.418 e. The second-order valence-corrected chi connectivity index (χ2v) is 15.3. The van der Waals surface area contributed by atoms with Gasteiger partial charge >= 0.3 is 11.9 Å². The largest absolute Gasteiger partial charge is 0.418 e. The van der Waals surface area contributed by atoms with Gasteiger partial charge < -0.3 is 14.6 Å². The van der Waals surface area contributed by atoms with Gasteiger partial charge in [0.05, 0.1) is 18.9 Å². The lowest BCUT2D eigenvalue weighted by atomic mass is 9.42. The molecule has 1 saturated heterocycles. The molecule has 218 valence electrons. The predicted octanol–water partition coefficient (Wildman–Crippen LogP) is 7.67. The number of aliphatic hydroxyl groups excluding tert-OH is 1. The van der Waals surface area contributed by atoms with Crippen molar-refractivity contribution in [2.75, 3.05) is 0 Å². The number of allylic oxidation sites excluding steroid dienone is 3. The first kappa shape index (κ1) is 28.9. The zero-order valence-electron chi connectivity index (χ0n) is 25.7. The van der Waals surface area contributed by atoms with Gasteiger partial charge in [0.2, 0.25) is 0 Å². The Morgan fingerprint density at radius 1 is 0.974 bits per heavy atom. The summed E-state index contributed by atoms with van der Waals surface area (Å²) >= 11 is 0. The van der Waals surface area contributed by atoms with Crippen molar-refractivity contribution in [1.29, 1.82) is 0 Å². The SMILES string of the molecule is CC(C)=CCC[C@@H](C)[C@@H]1CC[C@]2(C)C3=C(C4(C[C@@]12C)OC(=O)CCC(=O)O4)[C@@]1(C)CC[C@H](O)C(C)(C)[C@@H]1CC3. The first-order valence-electron chi connectivity index (χ1n) is 15.6. The Morgan fingerprint density at radius 2 is 1.62 bits per heavy atom. The molecule has 0 unspecified atom stereocenters. The topological polar surface area (TPSA) is 72.8 Å². The Kier molecular flexibility index (Phi) is 7.01. The van der Waals surface area contributed by atoms with Crippen LogP contribution in [0.4, 0.5) is 0 Å². The van der Waals surface area contributed by atoms with Gasteiger partial charge in [0, 0.05) is 12.0 Å². The van der Waals surface area contributed by atoms with Gasteiger partial charge in [-0.15, -0.1) is 0 Å². The van der Waals surface area contributed by atoms with E-state index < -0.39 is 5.79 Å². The Labute approximate surface area is 236 Å². The van der Waals surface area contributed by atoms with Gasteiger partial charge in [-0.2, -0.15) is 0 Å². The van der Waals surface area contributed by atoms with Gasteiger partial charge in [-0.05, 0) is 105 Å². The fraction of sp³-hybridized carbons (Fsp3) is 0.824. The highest BCUT2D eigenvalue weighted by Crippen LogP contribution is 2.75. The summed E-state index contributed by atoms with van der Waals surface area (Å²) in [4.78, 5) is 26.4. The molecule has 2 saturated carbocycles. The highest BCUT2D eigenvalue weighted by molar-refractivity contribution is 5.80. The fourth-order valence-corrected chi connectivity index (χ4v) is 10.5. The normalized spacial score (nSPS) is 41.5. The molecule has 3 fully saturated rings. The minimum atomic E-state index is -1.34. The number of hydrogen-bond donors (Lipinski definition) is 1. The van der Waals surface area contributed by atoms with Crippen LogP contribution in [0.25, 0.3) is 0 Å². The third-order valence-electron chi connectivity index (χ3n) is 12.7. The summed E-state index contributed by atoms with van der Waals surface area (Å²) in [5, 5.41) is 11.1. The lowest BCUT2D eigenvalue weighted by Gasteiger charge is -2.65. The number of aliphatic hydroxyl groups is 1. The average Bonchev–Trinajstić information content (AvgIpc) is 3.01. The summed E-state index contributed by atoms with van der Waals surface area (Å²) in [6.07, 6.45) is 10.5. The minimum absolute atomic E-state index is 0.0394. The zero-order valence-corrected chi connectivity index (χ0v) is 25.7. The van der Waals surface area contributed by atoms with E-state index in [1.165, 1.54) is 11.1 Å². The van der Waals surface area contributed by atoms with Crippen molar-refractivity contribution >= 4 is 11.9 Å². The standard InChI is InChI=1S/C34H52O5/c1-21(2)10-9-11-22(3)23-16-19-32(7)24-12-13-25-30(4,5)26(35)17-18-31(25,6)29(24)34(20-33(23,32)8)38-27(36)14-15-28(37)39-34/h10,22-23,25-26,35H,9,11-20H2,1-8H3/t22-,23+,25+,26+,31+,32-,33+/m1/s1. The second kappa shape index (κ2) is 9.46. The maximum absolute atomic E-state index is 13.2. The van der Waals surface area contributed by atoms with Crippen LogP contribution in [0, 0.1) is 39.4 Å². The molecule has 5 rings (SSSR count). The first-order chi connectivity index (χ1) is 18.1. The molecule has 1 aliphatic heterocycles. The van der Waals surface area contributed by atoms with Crippen molar-refractivity contribution in [2.24, 2.45) is 39.4 Å². The van der Waals surface area contributed by atoms with Crippen LogP contribution in [-0.2, 0) is 19.1 Å². The molecule has 5 heteroatoms. The third kappa shape index (κ3) is 4.18. The number of esters is 2. The number of fused-ring (bicyclic) bond motifs is 5. The number of ether oxygens (including phenoxy) is 2. The van der Waals surface area contributed by atoms with Crippen LogP contribution >= 0.6 is 0 Å². The summed E-state index contributed by atoms with van der Waals surface area (Å²) in [5.74, 6) is -0.811. The van der Waals surface area contributed by atoms with Crippen molar-refractivity contribution in [3.8, 4) is 0 Å². The van der Waals surface area contributed by atoms with Gasteiger partial charge in [-0.1, -0.05) is 58.8 Å². The molecule has 7 atom stereocenters. The quantitative estimate of drug-likeness (QED) is 0.293. The third-order valence-corrected chi connectivity index (χ3v) is 12.7. The number of carbonyl (C=O) groups is 2. The molecule has 0 aromatic rings. The molecule has 0 aromatic carbocycles. The van der Waals surface area contributed by atoms with E-state index in [4.69, 9.17) is 9.47 Å². The monoisotopic (exact) mass is 540 g/mol. The van der Waals surface area contributed by atoms with Gasteiger partial charge in [-0.25, -0.2) is 0 Å². The molecule has 1 spiro atoms. The maximum Gasteiger partial charge on any atom is 0.309 e. The lowest BCUT2D eigenvalue weighted by Crippen LogP contribution is -2.63. The van der Waals surface area contributed by atoms with E-state index in [-0.39, 0.29) is 58.5 Å². The van der Waals surface area contributed by atoms with Crippen molar-refractivity contribution < 1.29 is 24.2 Å². The molecular weight excluding hydrogens is 488 g/mol. The van der Waals surface area contributed by atoms with Crippen LogP contribution in [-0.4, -0.2) is 28.9 Å². The van der Waals surface area contributed by atoms with Crippen LogP contribution in [0.15, 0.2) is 22.8 Å². The molecule has 39 heavy (non-hydrogen) atoms. The summed E-state index contributed by atoms with van der Waals surface area (Å²) in [5.41, 5.74) is 3.06. The van der Waals surface area contributed by atoms with Crippen molar-refractivity contribution in [2.45, 2.75) is 138 Å². The molecule has 0 bridgehead atoms. The number of hydrogen-bond acceptors (Lipinski definition) is 5. The van der Waals surface area contributed by atoms with Crippen LogP contribution in [0.1, 0.15) is 126 Å². The molecule has 5 aliphatic rings. The van der Waals surface area contributed by atoms with E-state index in [1.54, 1.807) is 0 Å². The van der Waals surface area contributed by atoms with Gasteiger partial charge in [0.25, 0.3) is 5.79 Å². The van der Waals surface area contributed by atoms with Crippen LogP contribution in [0.5, 0.6) is 0 Å². The highest BCUT2D eigenvalue weighted by Gasteiger charge is 2.71. The van der Waals surface area contributed by atoms with Gasteiger partial charge in [0.1, 0.15) is 0 Å². The summed E-state index contributed by atoms with van der Waals surface area (Å²) in [6.45, 7) is 18.3. The van der Waals surface area contributed by atoms with Gasteiger partial charge in [0.15, 0.2) is 0 Å². The van der Waals surface area contributed by atoms with Crippen LogP contribution < -0.4 is 0 Å². The zero-order chi connectivity index (χ0) is 28.6. The molecule has 0 radical (unpaired) electrons. The summed E-state index contributed by atoms with van der Waals surface area (Å²) < 4.78 is 12.9. The Balaban J connectivity index is 1.68. The lowest BCUT2D eigenvalue weighted by molar-refractivity contribution is -0.242. The van der Waals surface area contributed by atoms with E-state index in [2.05, 4.69) is 61.5 Å². The predicted molar refractivity (Wildman–Crippen MR) is 152 cm³/mol. The highest BCUT2D eigenvalue weighted by atomic mass is 16.7. The van der Waals surface area contributed by atoms with E-state index in [1.807, 2.05) is 0 Å². The Morgan fingerprint density at radius 3 is 2.23 bits per heavy atom. The molecule has 0 amide bonds. The van der Waals surface area contributed by atoms with E-state index in [0.717, 1.165) is 50.5 Å². The first-order valence-corrected chi connectivity index (χ1v) is 15.6. The summed E-state index contributed by atoms with van der Waals surface area (Å²) in [7, 11) is 0. The maximum atomic E-state index is 13.2. The van der Waals surface area contributed by atoms with E-state index >= 15 is 0 Å². The molecule has 1 heterocycles. The molecular formula is C34H52O5. The van der Waals surface area contributed by atoms with E-state index in [9.17, 15) is 14.7 Å². The molecule has 0 aromatic heterocycles.